The van der Waals surface area contributed by atoms with Crippen molar-refractivity contribution in [3.05, 3.63) is 0 Å². The fourth-order valence-corrected chi connectivity index (χ4v) is 2.90. The van der Waals surface area contributed by atoms with E-state index < -0.39 is 12.0 Å². The summed E-state index contributed by atoms with van der Waals surface area (Å²) in [5.41, 5.74) is 0. The van der Waals surface area contributed by atoms with Gasteiger partial charge in [-0.15, -0.1) is 0 Å². The normalized spacial score (nSPS) is 12.6. The molecular formula is C20H38NNaO4. The standard InChI is InChI=1S/C20H39NO4.Na/c1-2-3-4-5-6-7-8-9-10-11-12-13-14-15-19(23)21-18(16-17-22)20(24)25;/h18,22H,2-17H2,1H3,(H,21,23)(H,24,25);/q;+1/p-1/t18-;/m1./s1. The second-order valence-corrected chi connectivity index (χ2v) is 6.88. The van der Waals surface area contributed by atoms with Gasteiger partial charge in [0, 0.05) is 13.0 Å². The third kappa shape index (κ3) is 18.7. The molecule has 0 aromatic rings. The first-order valence-electron chi connectivity index (χ1n) is 10.2. The van der Waals surface area contributed by atoms with E-state index in [1.165, 1.54) is 64.2 Å². The second-order valence-electron chi connectivity index (χ2n) is 6.88. The van der Waals surface area contributed by atoms with Gasteiger partial charge in [-0.05, 0) is 18.7 Å². The summed E-state index contributed by atoms with van der Waals surface area (Å²) in [6.07, 6.45) is 16.5. The number of nitrogens with zero attached hydrogens (tertiary/aromatic N) is 1. The number of carboxylic acid groups (broad SMARTS) is 1. The zero-order chi connectivity index (χ0) is 18.8. The van der Waals surface area contributed by atoms with Crippen LogP contribution in [0.25, 0.3) is 0 Å². The van der Waals surface area contributed by atoms with E-state index in [-0.39, 0.29) is 48.5 Å². The average Bonchev–Trinajstić information content (AvgIpc) is 2.58. The third-order valence-corrected chi connectivity index (χ3v) is 4.48. The number of hydrogen-bond donors (Lipinski definition) is 2. The first-order chi connectivity index (χ1) is 12.1. The molecule has 2 N–H and O–H groups in total. The molecule has 0 aromatic heterocycles. The Morgan fingerprint density at radius 3 is 1.69 bits per heavy atom. The summed E-state index contributed by atoms with van der Waals surface area (Å²) in [4.78, 5) is 14.5. The van der Waals surface area contributed by atoms with Crippen LogP contribution in [0, 0.1) is 0 Å². The number of hydrogen-bond acceptors (Lipinski definition) is 4. The molecule has 0 aliphatic carbocycles. The van der Waals surface area contributed by atoms with Crippen LogP contribution >= 0.6 is 0 Å². The van der Waals surface area contributed by atoms with Crippen molar-refractivity contribution in [2.75, 3.05) is 6.61 Å². The minimum absolute atomic E-state index is 0. The molecule has 0 heterocycles. The van der Waals surface area contributed by atoms with Crippen molar-refractivity contribution in [2.24, 2.45) is 4.99 Å². The minimum atomic E-state index is -1.15. The van der Waals surface area contributed by atoms with Gasteiger partial charge < -0.3 is 15.3 Å². The number of carbonyl (C=O) groups is 1. The van der Waals surface area contributed by atoms with E-state index >= 15 is 0 Å². The first-order valence-corrected chi connectivity index (χ1v) is 10.2. The maximum absolute atomic E-state index is 11.6. The molecule has 0 unspecified atom stereocenters. The topological polar surface area (TPSA) is 93.0 Å². The van der Waals surface area contributed by atoms with Crippen molar-refractivity contribution in [1.29, 1.82) is 0 Å². The number of carboxylic acids is 1. The van der Waals surface area contributed by atoms with Crippen LogP contribution in [-0.2, 0) is 4.79 Å². The van der Waals surface area contributed by atoms with Crippen LogP contribution in [0.1, 0.15) is 103 Å². The van der Waals surface area contributed by atoms with Gasteiger partial charge in [0.05, 0.1) is 0 Å². The summed E-state index contributed by atoms with van der Waals surface area (Å²) in [5.74, 6) is -1.50. The molecule has 0 aromatic carbocycles. The predicted molar refractivity (Wildman–Crippen MR) is 101 cm³/mol. The number of unbranched alkanes of at least 4 members (excludes halogenated alkanes) is 12. The molecule has 1 atom stereocenters. The van der Waals surface area contributed by atoms with Crippen LogP contribution in [0.3, 0.4) is 0 Å². The van der Waals surface area contributed by atoms with E-state index in [0.717, 1.165) is 19.3 Å². The summed E-state index contributed by atoms with van der Waals surface area (Å²) in [6, 6.07) is -1.10. The number of aliphatic imine (C=N–C) groups is 1. The van der Waals surface area contributed by atoms with Crippen LogP contribution in [0.4, 0.5) is 0 Å². The fourth-order valence-electron chi connectivity index (χ4n) is 2.90. The van der Waals surface area contributed by atoms with E-state index in [0.29, 0.717) is 6.42 Å². The second kappa shape index (κ2) is 21.2. The Morgan fingerprint density at radius 1 is 0.885 bits per heavy atom. The molecule has 148 valence electrons. The van der Waals surface area contributed by atoms with E-state index in [1.54, 1.807) is 0 Å². The van der Waals surface area contributed by atoms with E-state index in [4.69, 9.17) is 10.2 Å². The zero-order valence-corrected chi connectivity index (χ0v) is 19.0. The van der Waals surface area contributed by atoms with E-state index in [2.05, 4.69) is 11.9 Å². The average molecular weight is 380 g/mol. The van der Waals surface area contributed by atoms with Crippen LogP contribution in [0.15, 0.2) is 4.99 Å². The van der Waals surface area contributed by atoms with Crippen LogP contribution in [0.5, 0.6) is 0 Å². The Balaban J connectivity index is 0. The molecule has 0 fully saturated rings. The smallest absolute Gasteiger partial charge is 0.862 e. The van der Waals surface area contributed by atoms with Gasteiger partial charge >= 0.3 is 35.5 Å². The molecule has 0 aliphatic rings. The quantitative estimate of drug-likeness (QED) is 0.161. The van der Waals surface area contributed by atoms with Gasteiger partial charge in [0.2, 0.25) is 0 Å². The van der Waals surface area contributed by atoms with Gasteiger partial charge in [-0.25, -0.2) is 4.79 Å². The summed E-state index contributed by atoms with van der Waals surface area (Å²) in [7, 11) is 0. The number of rotatable bonds is 18. The summed E-state index contributed by atoms with van der Waals surface area (Å²) in [6.45, 7) is 1.97. The zero-order valence-electron chi connectivity index (χ0n) is 17.0. The SMILES string of the molecule is CCCCCCCCCCCCCCCC([O-])=N[C@H](CCO)C(=O)O.[Na+]. The minimum Gasteiger partial charge on any atom is -0.862 e. The van der Waals surface area contributed by atoms with Crippen LogP contribution in [0.2, 0.25) is 0 Å². The molecule has 0 radical (unpaired) electrons. The molecule has 0 spiro atoms. The maximum atomic E-state index is 11.6. The fraction of sp³-hybridized carbons (Fsp3) is 0.900. The molecule has 5 nitrogen and oxygen atoms in total. The molecular weight excluding hydrogens is 341 g/mol. The monoisotopic (exact) mass is 379 g/mol. The Kier molecular flexibility index (Phi) is 22.9. The first kappa shape index (κ1) is 28.1. The van der Waals surface area contributed by atoms with Crippen molar-refractivity contribution in [3.8, 4) is 0 Å². The Bertz CT molecular complexity index is 351. The van der Waals surface area contributed by atoms with Crippen LogP contribution in [-0.4, -0.2) is 34.7 Å². The van der Waals surface area contributed by atoms with Gasteiger partial charge in [-0.3, -0.25) is 4.99 Å². The van der Waals surface area contributed by atoms with Crippen LogP contribution < -0.4 is 34.7 Å². The largest absolute Gasteiger partial charge is 1.00 e. The van der Waals surface area contributed by atoms with Crippen molar-refractivity contribution in [1.82, 2.24) is 0 Å². The molecule has 0 saturated carbocycles. The van der Waals surface area contributed by atoms with E-state index in [1.807, 2.05) is 0 Å². The van der Waals surface area contributed by atoms with Gasteiger partial charge in [-0.1, -0.05) is 84.0 Å². The number of aliphatic hydroxyl groups is 1. The van der Waals surface area contributed by atoms with E-state index in [9.17, 15) is 9.90 Å². The summed E-state index contributed by atoms with van der Waals surface area (Å²) >= 11 is 0. The van der Waals surface area contributed by atoms with Crippen molar-refractivity contribution >= 4 is 11.9 Å². The molecule has 6 heteroatoms. The van der Waals surface area contributed by atoms with Crippen molar-refractivity contribution in [2.45, 2.75) is 109 Å². The molecule has 26 heavy (non-hydrogen) atoms. The van der Waals surface area contributed by atoms with Crippen molar-refractivity contribution in [3.63, 3.8) is 0 Å². The Labute approximate surface area is 182 Å². The van der Waals surface area contributed by atoms with Gasteiger partial charge in [0.15, 0.2) is 0 Å². The summed E-state index contributed by atoms with van der Waals surface area (Å²) < 4.78 is 0. The molecule has 0 rings (SSSR count). The maximum Gasteiger partial charge on any atom is 1.00 e. The molecule has 0 amide bonds. The Hall–Kier alpha value is -0.100. The number of aliphatic carboxylic acids is 1. The van der Waals surface area contributed by atoms with Gasteiger partial charge in [-0.2, -0.15) is 0 Å². The summed E-state index contributed by atoms with van der Waals surface area (Å²) in [5, 5.41) is 29.3. The number of aliphatic hydroxyl groups excluding tert-OH is 1. The van der Waals surface area contributed by atoms with Gasteiger partial charge in [0.1, 0.15) is 6.04 Å². The molecule has 0 saturated heterocycles. The molecule has 0 aliphatic heterocycles. The molecule has 0 bridgehead atoms. The Morgan fingerprint density at radius 2 is 1.31 bits per heavy atom. The van der Waals surface area contributed by atoms with Gasteiger partial charge in [0.25, 0.3) is 0 Å². The van der Waals surface area contributed by atoms with Crippen molar-refractivity contribution < 1.29 is 49.7 Å². The third-order valence-electron chi connectivity index (χ3n) is 4.48. The predicted octanol–water partition coefficient (Wildman–Crippen LogP) is 1.07.